The molecule has 3 amide bonds. The van der Waals surface area contributed by atoms with Crippen molar-refractivity contribution in [2.75, 3.05) is 26.8 Å². The molecule has 0 heterocycles. The highest BCUT2D eigenvalue weighted by Crippen LogP contribution is 2.18. The van der Waals surface area contributed by atoms with Crippen LogP contribution in [0.25, 0.3) is 0 Å². The summed E-state index contributed by atoms with van der Waals surface area (Å²) in [4.78, 5) is 22.4. The van der Waals surface area contributed by atoms with Gasteiger partial charge in [0, 0.05) is 32.7 Å². The molecule has 0 aromatic rings. The molecule has 0 bridgehead atoms. The molecule has 1 rings (SSSR count). The number of hydrogen-bond donors (Lipinski definition) is 3. The Balaban J connectivity index is 1.92. The van der Waals surface area contributed by atoms with Crippen molar-refractivity contribution in [3.8, 4) is 0 Å². The molecule has 1 aliphatic carbocycles. The molecule has 0 radical (unpaired) electrons. The van der Waals surface area contributed by atoms with Crippen molar-refractivity contribution in [2.24, 2.45) is 0 Å². The SMILES string of the molecule is COCCNC(=O)CCNC(=O)NC1CC1. The van der Waals surface area contributed by atoms with Gasteiger partial charge in [-0.3, -0.25) is 4.79 Å². The van der Waals surface area contributed by atoms with E-state index in [1.165, 1.54) is 0 Å². The molecular weight excluding hydrogens is 210 g/mol. The Bertz CT molecular complexity index is 241. The van der Waals surface area contributed by atoms with Crippen LogP contribution in [0.1, 0.15) is 19.3 Å². The first-order valence-corrected chi connectivity index (χ1v) is 5.52. The molecule has 0 aliphatic heterocycles. The molecule has 92 valence electrons. The lowest BCUT2D eigenvalue weighted by molar-refractivity contribution is -0.121. The van der Waals surface area contributed by atoms with Crippen molar-refractivity contribution in [1.82, 2.24) is 16.0 Å². The van der Waals surface area contributed by atoms with Gasteiger partial charge >= 0.3 is 6.03 Å². The highest BCUT2D eigenvalue weighted by molar-refractivity contribution is 5.78. The first-order valence-electron chi connectivity index (χ1n) is 5.52. The lowest BCUT2D eigenvalue weighted by Crippen LogP contribution is -2.39. The van der Waals surface area contributed by atoms with E-state index < -0.39 is 0 Å². The molecule has 0 spiro atoms. The zero-order valence-electron chi connectivity index (χ0n) is 9.54. The molecular formula is C10H19N3O3. The molecule has 16 heavy (non-hydrogen) atoms. The van der Waals surface area contributed by atoms with Crippen LogP contribution in [0.15, 0.2) is 0 Å². The monoisotopic (exact) mass is 229 g/mol. The van der Waals surface area contributed by atoms with Gasteiger partial charge in [0.25, 0.3) is 0 Å². The summed E-state index contributed by atoms with van der Waals surface area (Å²) in [5.74, 6) is -0.0798. The number of nitrogens with one attached hydrogen (secondary N) is 3. The van der Waals surface area contributed by atoms with Gasteiger partial charge < -0.3 is 20.7 Å². The van der Waals surface area contributed by atoms with Crippen LogP contribution in [0.4, 0.5) is 4.79 Å². The molecule has 0 aromatic carbocycles. The highest BCUT2D eigenvalue weighted by atomic mass is 16.5. The molecule has 0 unspecified atom stereocenters. The highest BCUT2D eigenvalue weighted by Gasteiger charge is 2.22. The summed E-state index contributed by atoms with van der Waals surface area (Å²) in [5, 5.41) is 8.09. The van der Waals surface area contributed by atoms with Gasteiger partial charge in [-0.15, -0.1) is 0 Å². The van der Waals surface area contributed by atoms with Crippen LogP contribution >= 0.6 is 0 Å². The number of methoxy groups -OCH3 is 1. The maximum absolute atomic E-state index is 11.2. The molecule has 6 nitrogen and oxygen atoms in total. The summed E-state index contributed by atoms with van der Waals surface area (Å²) in [7, 11) is 1.58. The quantitative estimate of drug-likeness (QED) is 0.520. The van der Waals surface area contributed by atoms with E-state index in [1.54, 1.807) is 7.11 Å². The summed E-state index contributed by atoms with van der Waals surface area (Å²) >= 11 is 0. The number of hydrogen-bond acceptors (Lipinski definition) is 3. The summed E-state index contributed by atoms with van der Waals surface area (Å²) in [6.45, 7) is 1.36. The topological polar surface area (TPSA) is 79.5 Å². The van der Waals surface area contributed by atoms with Crippen LogP contribution in [0.5, 0.6) is 0 Å². The molecule has 3 N–H and O–H groups in total. The van der Waals surface area contributed by atoms with Crippen molar-refractivity contribution < 1.29 is 14.3 Å². The van der Waals surface area contributed by atoms with Crippen molar-refractivity contribution in [1.29, 1.82) is 0 Å². The smallest absolute Gasteiger partial charge is 0.315 e. The average Bonchev–Trinajstić information content (AvgIpc) is 3.02. The molecule has 0 aromatic heterocycles. The summed E-state index contributed by atoms with van der Waals surface area (Å²) < 4.78 is 4.79. The average molecular weight is 229 g/mol. The third-order valence-corrected chi connectivity index (χ3v) is 2.18. The van der Waals surface area contributed by atoms with Gasteiger partial charge in [-0.05, 0) is 12.8 Å². The third-order valence-electron chi connectivity index (χ3n) is 2.18. The van der Waals surface area contributed by atoms with Crippen LogP contribution in [0.3, 0.4) is 0 Å². The van der Waals surface area contributed by atoms with Gasteiger partial charge in [0.05, 0.1) is 6.61 Å². The summed E-state index contributed by atoms with van der Waals surface area (Å²) in [6, 6.07) is 0.155. The van der Waals surface area contributed by atoms with E-state index in [1.807, 2.05) is 0 Å². The van der Waals surface area contributed by atoms with Gasteiger partial charge in [0.1, 0.15) is 0 Å². The zero-order valence-corrected chi connectivity index (χ0v) is 9.54. The molecule has 1 aliphatic rings. The standard InChI is InChI=1S/C10H19N3O3/c1-16-7-6-11-9(14)4-5-12-10(15)13-8-2-3-8/h8H,2-7H2,1H3,(H,11,14)(H2,12,13,15). The molecule has 1 fully saturated rings. The Morgan fingerprint density at radius 3 is 2.62 bits per heavy atom. The van der Waals surface area contributed by atoms with Gasteiger partial charge in [-0.25, -0.2) is 4.79 Å². The van der Waals surface area contributed by atoms with Gasteiger partial charge in [0.2, 0.25) is 5.91 Å². The fourth-order valence-electron chi connectivity index (χ4n) is 1.13. The minimum Gasteiger partial charge on any atom is -0.383 e. The predicted molar refractivity (Wildman–Crippen MR) is 59.1 cm³/mol. The summed E-state index contributed by atoms with van der Waals surface area (Å²) in [6.07, 6.45) is 2.41. The fraction of sp³-hybridized carbons (Fsp3) is 0.800. The van der Waals surface area contributed by atoms with E-state index in [-0.39, 0.29) is 11.9 Å². The number of carbonyl (C=O) groups excluding carboxylic acids is 2. The molecule has 0 saturated heterocycles. The first-order chi connectivity index (χ1) is 7.72. The van der Waals surface area contributed by atoms with Gasteiger partial charge in [-0.1, -0.05) is 0 Å². The van der Waals surface area contributed by atoms with E-state index >= 15 is 0 Å². The van der Waals surface area contributed by atoms with E-state index in [2.05, 4.69) is 16.0 Å². The molecule has 0 atom stereocenters. The van der Waals surface area contributed by atoms with Crippen LogP contribution < -0.4 is 16.0 Å². The van der Waals surface area contributed by atoms with Crippen LogP contribution in [0.2, 0.25) is 0 Å². The third kappa shape index (κ3) is 6.23. The second-order valence-corrected chi connectivity index (χ2v) is 3.77. The predicted octanol–water partition coefficient (Wildman–Crippen LogP) is -0.399. The Hall–Kier alpha value is -1.30. The Morgan fingerprint density at radius 2 is 2.00 bits per heavy atom. The number of urea groups is 1. The van der Waals surface area contributed by atoms with Crippen molar-refractivity contribution in [2.45, 2.75) is 25.3 Å². The first kappa shape index (κ1) is 12.8. The van der Waals surface area contributed by atoms with Crippen molar-refractivity contribution in [3.63, 3.8) is 0 Å². The Kier molecular flexibility index (Phi) is 5.63. The number of rotatable bonds is 7. The lowest BCUT2D eigenvalue weighted by Gasteiger charge is -2.07. The van der Waals surface area contributed by atoms with Gasteiger partial charge in [0.15, 0.2) is 0 Å². The Morgan fingerprint density at radius 1 is 1.25 bits per heavy atom. The fourth-order valence-corrected chi connectivity index (χ4v) is 1.13. The second kappa shape index (κ2) is 7.05. The minimum atomic E-state index is -0.188. The lowest BCUT2D eigenvalue weighted by atomic mass is 10.4. The van der Waals surface area contributed by atoms with Crippen LogP contribution in [-0.4, -0.2) is 44.8 Å². The largest absolute Gasteiger partial charge is 0.383 e. The zero-order chi connectivity index (χ0) is 11.8. The van der Waals surface area contributed by atoms with Crippen LogP contribution in [0, 0.1) is 0 Å². The van der Waals surface area contributed by atoms with Crippen molar-refractivity contribution >= 4 is 11.9 Å². The van der Waals surface area contributed by atoms with Gasteiger partial charge in [-0.2, -0.15) is 0 Å². The van der Waals surface area contributed by atoms with E-state index in [0.717, 1.165) is 12.8 Å². The van der Waals surface area contributed by atoms with E-state index in [9.17, 15) is 9.59 Å². The molecule has 6 heteroatoms. The van der Waals surface area contributed by atoms with Crippen molar-refractivity contribution in [3.05, 3.63) is 0 Å². The number of carbonyl (C=O) groups is 2. The number of amides is 3. The summed E-state index contributed by atoms with van der Waals surface area (Å²) in [5.41, 5.74) is 0. The maximum atomic E-state index is 11.2. The Labute approximate surface area is 95.1 Å². The normalized spacial score (nSPS) is 14.3. The van der Waals surface area contributed by atoms with Crippen LogP contribution in [-0.2, 0) is 9.53 Å². The van der Waals surface area contributed by atoms with E-state index in [4.69, 9.17) is 4.74 Å². The number of ether oxygens (including phenoxy) is 1. The second-order valence-electron chi connectivity index (χ2n) is 3.77. The minimum absolute atomic E-state index is 0.0798. The maximum Gasteiger partial charge on any atom is 0.315 e. The molecule has 1 saturated carbocycles. The van der Waals surface area contributed by atoms with E-state index in [0.29, 0.717) is 32.2 Å².